The van der Waals surface area contributed by atoms with Crippen molar-refractivity contribution >= 4 is 5.69 Å². The second-order valence-corrected chi connectivity index (χ2v) is 3.06. The molecule has 1 aromatic heterocycles. The standard InChI is InChI=1S/C9H8N4/c10-4-6-7-2-1-3-13(7)8(5-11)9(6)12/h1-3,12H2. The van der Waals surface area contributed by atoms with Crippen LogP contribution in [0.1, 0.15) is 23.4 Å². The number of nitrogen functional groups attached to an aromatic ring is 1. The molecule has 4 heteroatoms. The summed E-state index contributed by atoms with van der Waals surface area (Å²) < 4.78 is 1.86. The highest BCUT2D eigenvalue weighted by molar-refractivity contribution is 5.66. The highest BCUT2D eigenvalue weighted by atomic mass is 15.0. The fourth-order valence-electron chi connectivity index (χ4n) is 1.85. The molecule has 0 fully saturated rings. The molecule has 0 spiro atoms. The summed E-state index contributed by atoms with van der Waals surface area (Å²) in [4.78, 5) is 0. The van der Waals surface area contributed by atoms with Crippen molar-refractivity contribution in [1.82, 2.24) is 4.57 Å². The molecule has 0 unspecified atom stereocenters. The van der Waals surface area contributed by atoms with Gasteiger partial charge in [-0.2, -0.15) is 10.5 Å². The molecule has 0 saturated carbocycles. The summed E-state index contributed by atoms with van der Waals surface area (Å²) in [6.07, 6.45) is 1.85. The Kier molecular flexibility index (Phi) is 1.50. The van der Waals surface area contributed by atoms with E-state index in [2.05, 4.69) is 6.07 Å². The topological polar surface area (TPSA) is 78.5 Å². The lowest BCUT2D eigenvalue weighted by atomic mass is 10.1. The molecule has 0 aliphatic carbocycles. The molecule has 0 radical (unpaired) electrons. The molecule has 2 rings (SSSR count). The number of nitrogens with zero attached hydrogens (tertiary/aromatic N) is 3. The zero-order valence-electron chi connectivity index (χ0n) is 7.04. The third-order valence-corrected chi connectivity index (χ3v) is 2.42. The maximum absolute atomic E-state index is 8.84. The van der Waals surface area contributed by atoms with Crippen LogP contribution in [0.15, 0.2) is 0 Å². The number of nitriles is 2. The maximum Gasteiger partial charge on any atom is 0.145 e. The molecule has 4 nitrogen and oxygen atoms in total. The van der Waals surface area contributed by atoms with Gasteiger partial charge >= 0.3 is 0 Å². The lowest BCUT2D eigenvalue weighted by Crippen LogP contribution is -1.97. The minimum Gasteiger partial charge on any atom is -0.395 e. The van der Waals surface area contributed by atoms with Crippen molar-refractivity contribution in [3.8, 4) is 12.1 Å². The lowest BCUT2D eigenvalue weighted by Gasteiger charge is -1.96. The Bertz CT molecular complexity index is 402. The molecule has 0 amide bonds. The van der Waals surface area contributed by atoms with Gasteiger partial charge in [-0.15, -0.1) is 0 Å². The fourth-order valence-corrected chi connectivity index (χ4v) is 1.85. The van der Waals surface area contributed by atoms with Gasteiger partial charge in [-0.1, -0.05) is 0 Å². The van der Waals surface area contributed by atoms with Crippen LogP contribution in [0.2, 0.25) is 0 Å². The average molecular weight is 172 g/mol. The van der Waals surface area contributed by atoms with E-state index in [1.54, 1.807) is 0 Å². The second-order valence-electron chi connectivity index (χ2n) is 3.06. The van der Waals surface area contributed by atoms with Crippen molar-refractivity contribution in [2.75, 3.05) is 5.73 Å². The Labute approximate surface area is 75.8 Å². The Hall–Kier alpha value is -1.94. The molecule has 13 heavy (non-hydrogen) atoms. The maximum atomic E-state index is 8.84. The average Bonchev–Trinajstić information content (AvgIpc) is 2.64. The number of aromatic nitrogens is 1. The van der Waals surface area contributed by atoms with Gasteiger partial charge in [0.2, 0.25) is 0 Å². The number of nitrogens with two attached hydrogens (primary N) is 1. The molecule has 1 aliphatic rings. The summed E-state index contributed by atoms with van der Waals surface area (Å²) in [5.41, 5.74) is 7.89. The number of fused-ring (bicyclic) bond motifs is 1. The minimum absolute atomic E-state index is 0.347. The summed E-state index contributed by atoms with van der Waals surface area (Å²) in [5.74, 6) is 0. The van der Waals surface area contributed by atoms with E-state index in [-0.39, 0.29) is 0 Å². The molecular weight excluding hydrogens is 164 g/mol. The zero-order valence-corrected chi connectivity index (χ0v) is 7.04. The predicted octanol–water partition coefficient (Wildman–Crippen LogP) is 0.760. The van der Waals surface area contributed by atoms with Crippen LogP contribution < -0.4 is 5.73 Å². The summed E-state index contributed by atoms with van der Waals surface area (Å²) in [7, 11) is 0. The molecule has 2 N–H and O–H groups in total. The van der Waals surface area contributed by atoms with Crippen LogP contribution in [0, 0.1) is 22.7 Å². The first-order chi connectivity index (χ1) is 6.29. The molecule has 0 aromatic carbocycles. The van der Waals surface area contributed by atoms with Gasteiger partial charge < -0.3 is 10.3 Å². The summed E-state index contributed by atoms with van der Waals surface area (Å²) in [5, 5.41) is 17.7. The largest absolute Gasteiger partial charge is 0.395 e. The number of rotatable bonds is 0. The summed E-state index contributed by atoms with van der Waals surface area (Å²) in [6, 6.07) is 4.09. The Balaban J connectivity index is 2.76. The van der Waals surface area contributed by atoms with Crippen LogP contribution in [0.5, 0.6) is 0 Å². The molecule has 0 atom stereocenters. The normalized spacial score (nSPS) is 13.4. The zero-order chi connectivity index (χ0) is 9.42. The van der Waals surface area contributed by atoms with Crippen LogP contribution in [-0.4, -0.2) is 4.57 Å². The predicted molar refractivity (Wildman–Crippen MR) is 46.6 cm³/mol. The Morgan fingerprint density at radius 3 is 2.69 bits per heavy atom. The third-order valence-electron chi connectivity index (χ3n) is 2.42. The van der Waals surface area contributed by atoms with Crippen molar-refractivity contribution in [2.24, 2.45) is 0 Å². The van der Waals surface area contributed by atoms with Crippen LogP contribution in [0.4, 0.5) is 5.69 Å². The van der Waals surface area contributed by atoms with Crippen LogP contribution in [0.25, 0.3) is 0 Å². The van der Waals surface area contributed by atoms with Gasteiger partial charge in [-0.3, -0.25) is 0 Å². The summed E-state index contributed by atoms with van der Waals surface area (Å²) >= 11 is 0. The second kappa shape index (κ2) is 2.53. The Morgan fingerprint density at radius 1 is 1.31 bits per heavy atom. The van der Waals surface area contributed by atoms with Crippen molar-refractivity contribution < 1.29 is 0 Å². The van der Waals surface area contributed by atoms with Gasteiger partial charge in [0.05, 0.1) is 11.3 Å². The lowest BCUT2D eigenvalue weighted by molar-refractivity contribution is 0.742. The van der Waals surface area contributed by atoms with E-state index in [0.717, 1.165) is 25.1 Å². The van der Waals surface area contributed by atoms with Gasteiger partial charge in [0.25, 0.3) is 0 Å². The van der Waals surface area contributed by atoms with E-state index < -0.39 is 0 Å². The third kappa shape index (κ3) is 0.830. The number of hydrogen-bond donors (Lipinski definition) is 1. The smallest absolute Gasteiger partial charge is 0.145 e. The van der Waals surface area contributed by atoms with Crippen molar-refractivity contribution in [3.63, 3.8) is 0 Å². The van der Waals surface area contributed by atoms with E-state index in [1.807, 2.05) is 10.6 Å². The van der Waals surface area contributed by atoms with Gasteiger partial charge in [0.15, 0.2) is 0 Å². The molecule has 2 heterocycles. The molecule has 64 valence electrons. The van der Waals surface area contributed by atoms with Gasteiger partial charge in [0.1, 0.15) is 17.8 Å². The van der Waals surface area contributed by atoms with E-state index in [4.69, 9.17) is 16.3 Å². The van der Waals surface area contributed by atoms with Crippen molar-refractivity contribution in [2.45, 2.75) is 19.4 Å². The van der Waals surface area contributed by atoms with Crippen molar-refractivity contribution in [3.05, 3.63) is 17.0 Å². The minimum atomic E-state index is 0.347. The molecule has 0 saturated heterocycles. The monoisotopic (exact) mass is 172 g/mol. The molecule has 1 aliphatic heterocycles. The first-order valence-electron chi connectivity index (χ1n) is 4.10. The van der Waals surface area contributed by atoms with Crippen LogP contribution in [-0.2, 0) is 13.0 Å². The van der Waals surface area contributed by atoms with Gasteiger partial charge in [0, 0.05) is 12.2 Å². The van der Waals surface area contributed by atoms with E-state index in [9.17, 15) is 0 Å². The summed E-state index contributed by atoms with van der Waals surface area (Å²) in [6.45, 7) is 0.810. The quantitative estimate of drug-likeness (QED) is 0.627. The van der Waals surface area contributed by atoms with Crippen molar-refractivity contribution in [1.29, 1.82) is 10.5 Å². The first kappa shape index (κ1) is 7.70. The van der Waals surface area contributed by atoms with E-state index in [0.29, 0.717) is 16.9 Å². The van der Waals surface area contributed by atoms with E-state index >= 15 is 0 Å². The Morgan fingerprint density at radius 2 is 2.08 bits per heavy atom. The SMILES string of the molecule is N#Cc1c(N)c(C#N)n2c1CCC2. The van der Waals surface area contributed by atoms with Gasteiger partial charge in [-0.05, 0) is 12.8 Å². The van der Waals surface area contributed by atoms with E-state index in [1.165, 1.54) is 0 Å². The fraction of sp³-hybridized carbons (Fsp3) is 0.333. The highest BCUT2D eigenvalue weighted by Gasteiger charge is 2.23. The molecule has 1 aromatic rings. The van der Waals surface area contributed by atoms with Gasteiger partial charge in [-0.25, -0.2) is 0 Å². The molecular formula is C9H8N4. The number of anilines is 1. The first-order valence-corrected chi connectivity index (χ1v) is 4.10. The highest BCUT2D eigenvalue weighted by Crippen LogP contribution is 2.29. The van der Waals surface area contributed by atoms with Crippen LogP contribution >= 0.6 is 0 Å². The number of hydrogen-bond acceptors (Lipinski definition) is 3. The van der Waals surface area contributed by atoms with Crippen LogP contribution in [0.3, 0.4) is 0 Å². The molecule has 0 bridgehead atoms.